The first kappa shape index (κ1) is 14.3. The van der Waals surface area contributed by atoms with Gasteiger partial charge in [-0.05, 0) is 37.3 Å². The van der Waals surface area contributed by atoms with Crippen LogP contribution in [0.5, 0.6) is 0 Å². The van der Waals surface area contributed by atoms with Gasteiger partial charge in [0.15, 0.2) is 11.6 Å². The molecular formula is C15H24FN3. The molecule has 0 spiro atoms. The molecule has 1 N–H and O–H groups in total. The molecule has 2 rings (SSSR count). The van der Waals surface area contributed by atoms with Crippen molar-refractivity contribution in [2.75, 3.05) is 25.0 Å². The summed E-state index contributed by atoms with van der Waals surface area (Å²) in [5.41, 5.74) is 0.702. The molecule has 1 heterocycles. The predicted octanol–water partition coefficient (Wildman–Crippen LogP) is 2.81. The van der Waals surface area contributed by atoms with E-state index in [-0.39, 0.29) is 5.82 Å². The minimum absolute atomic E-state index is 0.179. The van der Waals surface area contributed by atoms with Gasteiger partial charge in [0.2, 0.25) is 0 Å². The lowest BCUT2D eigenvalue weighted by Gasteiger charge is -2.19. The highest BCUT2D eigenvalue weighted by molar-refractivity contribution is 5.42. The average molecular weight is 265 g/mol. The molecule has 0 radical (unpaired) electrons. The van der Waals surface area contributed by atoms with Crippen LogP contribution in [0.25, 0.3) is 0 Å². The van der Waals surface area contributed by atoms with E-state index in [0.717, 1.165) is 19.0 Å². The van der Waals surface area contributed by atoms with Crippen molar-refractivity contribution in [3.05, 3.63) is 23.6 Å². The monoisotopic (exact) mass is 265 g/mol. The first-order valence-electron chi connectivity index (χ1n) is 7.13. The van der Waals surface area contributed by atoms with Gasteiger partial charge in [-0.3, -0.25) is 0 Å². The quantitative estimate of drug-likeness (QED) is 0.821. The maximum absolute atomic E-state index is 14.4. The van der Waals surface area contributed by atoms with E-state index in [1.54, 1.807) is 12.3 Å². The number of halogens is 1. The topological polar surface area (TPSA) is 28.2 Å². The molecule has 0 atom stereocenters. The number of pyridine rings is 1. The third kappa shape index (κ3) is 4.16. The summed E-state index contributed by atoms with van der Waals surface area (Å²) in [6.45, 7) is 6.66. The maximum Gasteiger partial charge on any atom is 0.170 e. The van der Waals surface area contributed by atoms with E-state index in [1.807, 2.05) is 11.9 Å². The Bertz CT molecular complexity index is 416. The number of aromatic nitrogens is 1. The Morgan fingerprint density at radius 3 is 2.84 bits per heavy atom. The number of hydrogen-bond acceptors (Lipinski definition) is 3. The van der Waals surface area contributed by atoms with Gasteiger partial charge in [-0.25, -0.2) is 9.37 Å². The van der Waals surface area contributed by atoms with E-state index >= 15 is 0 Å². The maximum atomic E-state index is 14.4. The molecule has 19 heavy (non-hydrogen) atoms. The zero-order valence-corrected chi connectivity index (χ0v) is 12.1. The summed E-state index contributed by atoms with van der Waals surface area (Å²) in [6, 6.07) is 1.76. The predicted molar refractivity (Wildman–Crippen MR) is 76.7 cm³/mol. The van der Waals surface area contributed by atoms with Crippen LogP contribution < -0.4 is 10.2 Å². The molecule has 1 aromatic rings. The second-order valence-corrected chi connectivity index (χ2v) is 5.96. The van der Waals surface area contributed by atoms with Crippen LogP contribution in [0.2, 0.25) is 0 Å². The first-order valence-corrected chi connectivity index (χ1v) is 7.13. The Morgan fingerprint density at radius 1 is 1.47 bits per heavy atom. The normalized spacial score (nSPS) is 15.0. The summed E-state index contributed by atoms with van der Waals surface area (Å²) in [4.78, 5) is 6.13. The Balaban J connectivity index is 1.99. The molecule has 0 bridgehead atoms. The van der Waals surface area contributed by atoms with Crippen molar-refractivity contribution in [1.29, 1.82) is 0 Å². The summed E-state index contributed by atoms with van der Waals surface area (Å²) in [5, 5.41) is 3.27. The van der Waals surface area contributed by atoms with E-state index in [9.17, 15) is 4.39 Å². The standard InChI is InChI=1S/C15H24FN3/c1-11(2)8-17-9-13-6-7-18-15(14(13)16)19(3)10-12-4-5-12/h6-7,11-12,17H,4-5,8-10H2,1-3H3. The number of nitrogens with zero attached hydrogens (tertiary/aromatic N) is 2. The fraction of sp³-hybridized carbons (Fsp3) is 0.667. The lowest BCUT2D eigenvalue weighted by molar-refractivity contribution is 0.532. The van der Waals surface area contributed by atoms with Crippen LogP contribution in [0.3, 0.4) is 0 Å². The van der Waals surface area contributed by atoms with Gasteiger partial charge in [-0.1, -0.05) is 13.8 Å². The highest BCUT2D eigenvalue weighted by Crippen LogP contribution is 2.31. The van der Waals surface area contributed by atoms with Crippen molar-refractivity contribution >= 4 is 5.82 Å². The smallest absolute Gasteiger partial charge is 0.170 e. The SMILES string of the molecule is CC(C)CNCc1ccnc(N(C)CC2CC2)c1F. The van der Waals surface area contributed by atoms with Crippen molar-refractivity contribution in [2.24, 2.45) is 11.8 Å². The average Bonchev–Trinajstić information content (AvgIpc) is 3.14. The van der Waals surface area contributed by atoms with Crippen LogP contribution in [0, 0.1) is 17.7 Å². The van der Waals surface area contributed by atoms with Crippen LogP contribution in [-0.2, 0) is 6.54 Å². The Labute approximate surface area is 115 Å². The van der Waals surface area contributed by atoms with Crippen LogP contribution in [0.1, 0.15) is 32.3 Å². The molecule has 1 fully saturated rings. The zero-order chi connectivity index (χ0) is 13.8. The third-order valence-electron chi connectivity index (χ3n) is 3.41. The van der Waals surface area contributed by atoms with Gasteiger partial charge in [0.25, 0.3) is 0 Å². The lowest BCUT2D eigenvalue weighted by Crippen LogP contribution is -2.24. The molecule has 0 unspecified atom stereocenters. The molecule has 106 valence electrons. The molecule has 1 aliphatic rings. The molecule has 1 saturated carbocycles. The highest BCUT2D eigenvalue weighted by Gasteiger charge is 2.24. The Morgan fingerprint density at radius 2 is 2.21 bits per heavy atom. The zero-order valence-electron chi connectivity index (χ0n) is 12.1. The largest absolute Gasteiger partial charge is 0.357 e. The fourth-order valence-corrected chi connectivity index (χ4v) is 2.14. The number of nitrogens with one attached hydrogen (secondary N) is 1. The minimum atomic E-state index is -0.179. The highest BCUT2D eigenvalue weighted by atomic mass is 19.1. The van der Waals surface area contributed by atoms with Crippen molar-refractivity contribution < 1.29 is 4.39 Å². The van der Waals surface area contributed by atoms with Crippen molar-refractivity contribution in [2.45, 2.75) is 33.2 Å². The van der Waals surface area contributed by atoms with E-state index in [4.69, 9.17) is 0 Å². The number of rotatable bonds is 7. The molecular weight excluding hydrogens is 241 g/mol. The Hall–Kier alpha value is -1.16. The van der Waals surface area contributed by atoms with Crippen LogP contribution in [0.15, 0.2) is 12.3 Å². The minimum Gasteiger partial charge on any atom is -0.357 e. The van der Waals surface area contributed by atoms with Gasteiger partial charge in [-0.2, -0.15) is 0 Å². The molecule has 4 heteroatoms. The van der Waals surface area contributed by atoms with Gasteiger partial charge < -0.3 is 10.2 Å². The molecule has 0 amide bonds. The summed E-state index contributed by atoms with van der Waals surface area (Å²) < 4.78 is 14.4. The first-order chi connectivity index (χ1) is 9.08. The van der Waals surface area contributed by atoms with E-state index in [2.05, 4.69) is 24.1 Å². The lowest BCUT2D eigenvalue weighted by atomic mass is 10.2. The van der Waals surface area contributed by atoms with E-state index in [0.29, 0.717) is 23.8 Å². The van der Waals surface area contributed by atoms with Crippen LogP contribution in [-0.4, -0.2) is 25.1 Å². The van der Waals surface area contributed by atoms with Crippen molar-refractivity contribution in [1.82, 2.24) is 10.3 Å². The van der Waals surface area contributed by atoms with Gasteiger partial charge in [0.05, 0.1) is 0 Å². The number of hydrogen-bond donors (Lipinski definition) is 1. The van der Waals surface area contributed by atoms with E-state index < -0.39 is 0 Å². The summed E-state index contributed by atoms with van der Waals surface area (Å²) in [7, 11) is 1.93. The summed E-state index contributed by atoms with van der Waals surface area (Å²) in [6.07, 6.45) is 4.23. The molecule has 0 saturated heterocycles. The third-order valence-corrected chi connectivity index (χ3v) is 3.41. The molecule has 1 aromatic heterocycles. The van der Waals surface area contributed by atoms with Crippen LogP contribution in [0.4, 0.5) is 10.2 Å². The summed E-state index contributed by atoms with van der Waals surface area (Å²) >= 11 is 0. The summed E-state index contributed by atoms with van der Waals surface area (Å²) in [5.74, 6) is 1.61. The fourth-order valence-electron chi connectivity index (χ4n) is 2.14. The van der Waals surface area contributed by atoms with Gasteiger partial charge >= 0.3 is 0 Å². The molecule has 0 aliphatic heterocycles. The van der Waals surface area contributed by atoms with E-state index in [1.165, 1.54) is 12.8 Å². The van der Waals surface area contributed by atoms with Gasteiger partial charge in [0.1, 0.15) is 0 Å². The van der Waals surface area contributed by atoms with Crippen molar-refractivity contribution in [3.8, 4) is 0 Å². The number of anilines is 1. The molecule has 3 nitrogen and oxygen atoms in total. The van der Waals surface area contributed by atoms with Gasteiger partial charge in [0, 0.05) is 31.9 Å². The van der Waals surface area contributed by atoms with Gasteiger partial charge in [-0.15, -0.1) is 0 Å². The van der Waals surface area contributed by atoms with Crippen molar-refractivity contribution in [3.63, 3.8) is 0 Å². The second-order valence-electron chi connectivity index (χ2n) is 5.96. The molecule has 0 aromatic carbocycles. The van der Waals surface area contributed by atoms with Crippen LogP contribution >= 0.6 is 0 Å². The molecule has 1 aliphatic carbocycles. The Kier molecular flexibility index (Phi) is 4.75. The second kappa shape index (κ2) is 6.33.